The fraction of sp³-hybridized carbons (Fsp3) is 0.250. The number of anilines is 1. The van der Waals surface area contributed by atoms with E-state index in [1.807, 2.05) is 26.0 Å². The van der Waals surface area contributed by atoms with Gasteiger partial charge in [-0.1, -0.05) is 15.9 Å². The lowest BCUT2D eigenvalue weighted by atomic mass is 10.3. The second-order valence-corrected chi connectivity index (χ2v) is 5.01. The lowest BCUT2D eigenvalue weighted by Crippen LogP contribution is -2.14. The van der Waals surface area contributed by atoms with Crippen LogP contribution < -0.4 is 20.7 Å². The molecule has 7 nitrogen and oxygen atoms in total. The van der Waals surface area contributed by atoms with Gasteiger partial charge in [-0.2, -0.15) is 9.97 Å². The molecule has 3 N–H and O–H groups in total. The highest BCUT2D eigenvalue weighted by Gasteiger charge is 2.10. The van der Waals surface area contributed by atoms with Crippen LogP contribution in [0.15, 0.2) is 28.7 Å². The Bertz CT molecular complexity index is 577. The van der Waals surface area contributed by atoms with Crippen LogP contribution in [0.5, 0.6) is 17.8 Å². The van der Waals surface area contributed by atoms with Gasteiger partial charge in [-0.15, -0.1) is 4.98 Å². The van der Waals surface area contributed by atoms with Gasteiger partial charge in [0.25, 0.3) is 0 Å². The third-order valence-electron chi connectivity index (χ3n) is 2.09. The monoisotopic (exact) mass is 339 g/mol. The second kappa shape index (κ2) is 6.49. The molecule has 2 aromatic rings. The SMILES string of the molecule is CC(C)Oc1nc(NN)nc(Oc2ccc(Br)cc2)n1. The van der Waals surface area contributed by atoms with E-state index in [1.54, 1.807) is 12.1 Å². The van der Waals surface area contributed by atoms with E-state index in [4.69, 9.17) is 15.3 Å². The number of aromatic nitrogens is 3. The third kappa shape index (κ3) is 4.04. The molecule has 0 aliphatic heterocycles. The van der Waals surface area contributed by atoms with Crippen LogP contribution in [0.2, 0.25) is 0 Å². The molecular weight excluding hydrogens is 326 g/mol. The van der Waals surface area contributed by atoms with E-state index in [0.717, 1.165) is 4.47 Å². The van der Waals surface area contributed by atoms with E-state index in [9.17, 15) is 0 Å². The van der Waals surface area contributed by atoms with Crippen LogP contribution in [0.1, 0.15) is 13.8 Å². The maximum Gasteiger partial charge on any atom is 0.330 e. The van der Waals surface area contributed by atoms with Crippen molar-refractivity contribution in [2.45, 2.75) is 20.0 Å². The van der Waals surface area contributed by atoms with Crippen LogP contribution in [0.4, 0.5) is 5.95 Å². The molecule has 0 atom stereocenters. The van der Waals surface area contributed by atoms with E-state index in [0.29, 0.717) is 5.75 Å². The molecule has 0 fully saturated rings. The van der Waals surface area contributed by atoms with Gasteiger partial charge in [0.15, 0.2) is 0 Å². The number of nitrogens with one attached hydrogen (secondary N) is 1. The van der Waals surface area contributed by atoms with E-state index in [1.165, 1.54) is 0 Å². The Kier molecular flexibility index (Phi) is 4.70. The van der Waals surface area contributed by atoms with Gasteiger partial charge in [-0.3, -0.25) is 5.43 Å². The Morgan fingerprint density at radius 3 is 2.35 bits per heavy atom. The number of hydrazine groups is 1. The summed E-state index contributed by atoms with van der Waals surface area (Å²) in [6, 6.07) is 7.52. The van der Waals surface area contributed by atoms with Crippen molar-refractivity contribution in [3.63, 3.8) is 0 Å². The molecule has 1 aromatic heterocycles. The summed E-state index contributed by atoms with van der Waals surface area (Å²) in [5, 5.41) is 0. The molecule has 1 heterocycles. The Labute approximate surface area is 124 Å². The molecule has 0 bridgehead atoms. The lowest BCUT2D eigenvalue weighted by molar-refractivity contribution is 0.218. The van der Waals surface area contributed by atoms with Crippen molar-refractivity contribution in [3.05, 3.63) is 28.7 Å². The zero-order valence-corrected chi connectivity index (χ0v) is 12.6. The van der Waals surface area contributed by atoms with Crippen LogP contribution in [0, 0.1) is 0 Å². The van der Waals surface area contributed by atoms with Gasteiger partial charge in [-0.25, -0.2) is 5.84 Å². The summed E-state index contributed by atoms with van der Waals surface area (Å²) in [5.74, 6) is 6.08. The number of nitrogen functional groups attached to an aromatic ring is 1. The molecule has 20 heavy (non-hydrogen) atoms. The molecule has 0 aliphatic carbocycles. The van der Waals surface area contributed by atoms with Gasteiger partial charge < -0.3 is 9.47 Å². The summed E-state index contributed by atoms with van der Waals surface area (Å²) in [6.07, 6.45) is -0.0662. The van der Waals surface area contributed by atoms with Crippen LogP contribution in [-0.4, -0.2) is 21.1 Å². The predicted octanol–water partition coefficient (Wildman–Crippen LogP) is 2.50. The summed E-state index contributed by atoms with van der Waals surface area (Å²) in [4.78, 5) is 12.0. The molecule has 8 heteroatoms. The molecule has 0 saturated carbocycles. The van der Waals surface area contributed by atoms with Gasteiger partial charge in [0, 0.05) is 4.47 Å². The summed E-state index contributed by atoms with van der Waals surface area (Å²) in [6.45, 7) is 3.74. The number of halogens is 1. The van der Waals surface area contributed by atoms with Crippen LogP contribution >= 0.6 is 15.9 Å². The number of hydrogen-bond donors (Lipinski definition) is 2. The smallest absolute Gasteiger partial charge is 0.330 e. The first-order chi connectivity index (χ1) is 9.56. The van der Waals surface area contributed by atoms with E-state index in [2.05, 4.69) is 36.3 Å². The van der Waals surface area contributed by atoms with Crippen LogP contribution in [-0.2, 0) is 0 Å². The lowest BCUT2D eigenvalue weighted by Gasteiger charge is -2.10. The van der Waals surface area contributed by atoms with E-state index >= 15 is 0 Å². The summed E-state index contributed by atoms with van der Waals surface area (Å²) in [7, 11) is 0. The van der Waals surface area contributed by atoms with Crippen LogP contribution in [0.3, 0.4) is 0 Å². The molecule has 0 saturated heterocycles. The largest absolute Gasteiger partial charge is 0.461 e. The third-order valence-corrected chi connectivity index (χ3v) is 2.62. The normalized spacial score (nSPS) is 10.4. The molecule has 106 valence electrons. The van der Waals surface area contributed by atoms with Gasteiger partial charge in [0.1, 0.15) is 5.75 Å². The summed E-state index contributed by atoms with van der Waals surface area (Å²) < 4.78 is 11.9. The fourth-order valence-corrected chi connectivity index (χ4v) is 1.58. The standard InChI is InChI=1S/C12H14BrN5O2/c1-7(2)19-11-15-10(18-14)16-12(17-11)20-9-5-3-8(13)4-6-9/h3-7H,14H2,1-2H3,(H,15,16,17,18). The number of nitrogens with two attached hydrogens (primary N) is 1. The maximum absolute atomic E-state index is 5.54. The molecule has 1 aromatic carbocycles. The summed E-state index contributed by atoms with van der Waals surface area (Å²) in [5.41, 5.74) is 2.35. The predicted molar refractivity (Wildman–Crippen MR) is 77.6 cm³/mol. The number of ether oxygens (including phenoxy) is 2. The number of rotatable bonds is 5. The van der Waals surface area contributed by atoms with Gasteiger partial charge in [0.05, 0.1) is 6.10 Å². The first-order valence-electron chi connectivity index (χ1n) is 5.89. The Morgan fingerprint density at radius 1 is 1.10 bits per heavy atom. The first-order valence-corrected chi connectivity index (χ1v) is 6.69. The molecule has 2 rings (SSSR count). The van der Waals surface area contributed by atoms with Crippen molar-refractivity contribution >= 4 is 21.9 Å². The minimum absolute atomic E-state index is 0.0662. The topological polar surface area (TPSA) is 95.2 Å². The van der Waals surface area contributed by atoms with E-state index < -0.39 is 0 Å². The highest BCUT2D eigenvalue weighted by molar-refractivity contribution is 9.10. The molecule has 0 aliphatic rings. The maximum atomic E-state index is 5.54. The summed E-state index contributed by atoms with van der Waals surface area (Å²) >= 11 is 3.35. The number of nitrogens with zero attached hydrogens (tertiary/aromatic N) is 3. The molecule has 0 unspecified atom stereocenters. The molecule has 0 radical (unpaired) electrons. The second-order valence-electron chi connectivity index (χ2n) is 4.09. The minimum atomic E-state index is -0.0662. The van der Waals surface area contributed by atoms with Crippen molar-refractivity contribution in [1.82, 2.24) is 15.0 Å². The quantitative estimate of drug-likeness (QED) is 0.638. The van der Waals surface area contributed by atoms with Crippen LogP contribution in [0.25, 0.3) is 0 Å². The Hall–Kier alpha value is -1.93. The minimum Gasteiger partial charge on any atom is -0.461 e. The average molecular weight is 340 g/mol. The zero-order valence-electron chi connectivity index (χ0n) is 11.0. The Morgan fingerprint density at radius 2 is 1.75 bits per heavy atom. The van der Waals surface area contributed by atoms with Crippen molar-refractivity contribution in [2.24, 2.45) is 5.84 Å². The Balaban J connectivity index is 2.23. The number of hydrogen-bond acceptors (Lipinski definition) is 7. The fourth-order valence-electron chi connectivity index (χ4n) is 1.32. The van der Waals surface area contributed by atoms with Crippen molar-refractivity contribution in [2.75, 3.05) is 5.43 Å². The van der Waals surface area contributed by atoms with Gasteiger partial charge >= 0.3 is 12.0 Å². The zero-order chi connectivity index (χ0) is 14.5. The first kappa shape index (κ1) is 14.5. The molecule has 0 spiro atoms. The van der Waals surface area contributed by atoms with E-state index in [-0.39, 0.29) is 24.1 Å². The highest BCUT2D eigenvalue weighted by atomic mass is 79.9. The van der Waals surface area contributed by atoms with Crippen molar-refractivity contribution in [1.29, 1.82) is 0 Å². The molecule has 0 amide bonds. The number of benzene rings is 1. The molecular formula is C12H14BrN5O2. The average Bonchev–Trinajstić information content (AvgIpc) is 2.40. The van der Waals surface area contributed by atoms with Crippen molar-refractivity contribution < 1.29 is 9.47 Å². The van der Waals surface area contributed by atoms with Gasteiger partial charge in [-0.05, 0) is 38.1 Å². The van der Waals surface area contributed by atoms with Crippen molar-refractivity contribution in [3.8, 4) is 17.8 Å². The van der Waals surface area contributed by atoms with Gasteiger partial charge in [0.2, 0.25) is 5.95 Å². The highest BCUT2D eigenvalue weighted by Crippen LogP contribution is 2.22.